The largest absolute Gasteiger partial charge is 0.493 e. The summed E-state index contributed by atoms with van der Waals surface area (Å²) in [4.78, 5) is 31.8. The summed E-state index contributed by atoms with van der Waals surface area (Å²) in [7, 11) is 6.21. The Hall–Kier alpha value is -3.56. The minimum Gasteiger partial charge on any atom is -0.493 e. The number of aryl methyl sites for hydroxylation is 1. The number of ether oxygens (including phenoxy) is 2. The van der Waals surface area contributed by atoms with Crippen molar-refractivity contribution in [3.63, 3.8) is 0 Å². The van der Waals surface area contributed by atoms with E-state index in [2.05, 4.69) is 9.98 Å². The van der Waals surface area contributed by atoms with Crippen LogP contribution in [0.4, 0.5) is 0 Å². The summed E-state index contributed by atoms with van der Waals surface area (Å²) in [6.45, 7) is 0.861. The number of nitrogens with two attached hydrogens (primary N) is 1. The Morgan fingerprint density at radius 3 is 2.55 bits per heavy atom. The SMILES string of the molecule is COc1ccc(CC[NH+]=C(N)Cn2cnc3c2c(=O)n(C)c(=O)n3C)cc1OC. The van der Waals surface area contributed by atoms with Crippen molar-refractivity contribution in [1.82, 2.24) is 18.7 Å². The minimum atomic E-state index is -0.419. The zero-order valence-corrected chi connectivity index (χ0v) is 16.9. The van der Waals surface area contributed by atoms with Crippen LogP contribution in [0.15, 0.2) is 34.1 Å². The van der Waals surface area contributed by atoms with Gasteiger partial charge in [-0.2, -0.15) is 0 Å². The van der Waals surface area contributed by atoms with Crippen LogP contribution in [0.2, 0.25) is 0 Å². The molecule has 0 fully saturated rings. The highest BCUT2D eigenvalue weighted by Gasteiger charge is 2.15. The second-order valence-electron chi connectivity index (χ2n) is 6.64. The highest BCUT2D eigenvalue weighted by molar-refractivity contribution is 5.77. The molecule has 1 aromatic carbocycles. The quantitative estimate of drug-likeness (QED) is 0.354. The zero-order chi connectivity index (χ0) is 21.1. The van der Waals surface area contributed by atoms with Gasteiger partial charge in [0.1, 0.15) is 6.54 Å². The summed E-state index contributed by atoms with van der Waals surface area (Å²) >= 11 is 0. The van der Waals surface area contributed by atoms with Crippen LogP contribution in [0, 0.1) is 0 Å². The number of benzene rings is 1. The molecule has 154 valence electrons. The van der Waals surface area contributed by atoms with Crippen molar-refractivity contribution in [2.45, 2.75) is 13.0 Å². The lowest BCUT2D eigenvalue weighted by Crippen LogP contribution is -2.76. The van der Waals surface area contributed by atoms with Crippen molar-refractivity contribution in [3.8, 4) is 11.5 Å². The van der Waals surface area contributed by atoms with E-state index in [1.807, 2.05) is 18.2 Å². The minimum absolute atomic E-state index is 0.260. The van der Waals surface area contributed by atoms with Crippen molar-refractivity contribution < 1.29 is 14.5 Å². The van der Waals surface area contributed by atoms with Gasteiger partial charge in [-0.15, -0.1) is 0 Å². The van der Waals surface area contributed by atoms with E-state index in [4.69, 9.17) is 15.2 Å². The van der Waals surface area contributed by atoms with Gasteiger partial charge in [0, 0.05) is 20.5 Å². The van der Waals surface area contributed by atoms with Gasteiger partial charge >= 0.3 is 5.69 Å². The molecule has 10 heteroatoms. The van der Waals surface area contributed by atoms with Gasteiger partial charge in [0.2, 0.25) is 0 Å². The number of fused-ring (bicyclic) bond motifs is 1. The lowest BCUT2D eigenvalue weighted by Gasteiger charge is -2.08. The van der Waals surface area contributed by atoms with Gasteiger partial charge in [-0.1, -0.05) is 6.07 Å². The average Bonchev–Trinajstić information content (AvgIpc) is 3.14. The Kier molecular flexibility index (Phi) is 5.71. The number of rotatable bonds is 7. The second-order valence-corrected chi connectivity index (χ2v) is 6.64. The molecule has 3 rings (SSSR count). The molecule has 0 atom stereocenters. The molecule has 0 unspecified atom stereocenters. The number of aromatic nitrogens is 4. The highest BCUT2D eigenvalue weighted by Crippen LogP contribution is 2.27. The summed E-state index contributed by atoms with van der Waals surface area (Å²) in [5.74, 6) is 1.84. The molecule has 0 radical (unpaired) electrons. The Morgan fingerprint density at radius 2 is 1.86 bits per heavy atom. The van der Waals surface area contributed by atoms with E-state index in [0.29, 0.717) is 35.0 Å². The van der Waals surface area contributed by atoms with Crippen molar-refractivity contribution in [3.05, 3.63) is 50.9 Å². The first kappa shape index (κ1) is 20.2. The standard InChI is InChI=1S/C19H24N6O4/c1-23-17-16(18(26)24(2)19(23)27)25(11-22-17)10-15(20)21-8-7-12-5-6-13(28-3)14(9-12)29-4/h5-6,9,11H,7-8,10H2,1-4H3,(H2,20,21)/p+1. The van der Waals surface area contributed by atoms with Crippen molar-refractivity contribution in [2.24, 2.45) is 19.8 Å². The fourth-order valence-corrected chi connectivity index (χ4v) is 3.16. The summed E-state index contributed by atoms with van der Waals surface area (Å²) in [6.07, 6.45) is 2.23. The molecule has 0 aliphatic heterocycles. The van der Waals surface area contributed by atoms with Crippen LogP contribution in [0.5, 0.6) is 11.5 Å². The smallest absolute Gasteiger partial charge is 0.332 e. The van der Waals surface area contributed by atoms with E-state index in [1.54, 1.807) is 25.8 Å². The molecule has 0 saturated heterocycles. The number of amidine groups is 1. The van der Waals surface area contributed by atoms with Crippen LogP contribution in [0.3, 0.4) is 0 Å². The topological polar surface area (TPSA) is 120 Å². The Bertz CT molecular complexity index is 1190. The summed E-state index contributed by atoms with van der Waals surface area (Å²) in [5, 5.41) is 0. The van der Waals surface area contributed by atoms with Crippen LogP contribution in [0.25, 0.3) is 11.2 Å². The normalized spacial score (nSPS) is 11.8. The third-order valence-corrected chi connectivity index (χ3v) is 4.77. The van der Waals surface area contributed by atoms with E-state index in [1.165, 1.54) is 17.9 Å². The predicted molar refractivity (Wildman–Crippen MR) is 108 cm³/mol. The molecule has 10 nitrogen and oxygen atoms in total. The summed E-state index contributed by atoms with van der Waals surface area (Å²) < 4.78 is 14.6. The van der Waals surface area contributed by atoms with Gasteiger partial charge < -0.3 is 14.0 Å². The van der Waals surface area contributed by atoms with Crippen molar-refractivity contribution in [1.29, 1.82) is 0 Å². The van der Waals surface area contributed by atoms with Gasteiger partial charge in [0.05, 0.1) is 27.1 Å². The lowest BCUT2D eigenvalue weighted by atomic mass is 10.1. The molecule has 2 aromatic heterocycles. The maximum Gasteiger partial charge on any atom is 0.332 e. The Balaban J connectivity index is 1.76. The van der Waals surface area contributed by atoms with Crippen LogP contribution >= 0.6 is 0 Å². The van der Waals surface area contributed by atoms with E-state index in [9.17, 15) is 9.59 Å². The van der Waals surface area contributed by atoms with E-state index in [-0.39, 0.29) is 6.54 Å². The molecule has 2 heterocycles. The highest BCUT2D eigenvalue weighted by atomic mass is 16.5. The summed E-state index contributed by atoms with van der Waals surface area (Å²) in [6, 6.07) is 5.75. The molecule has 3 N–H and O–H groups in total. The van der Waals surface area contributed by atoms with Crippen molar-refractivity contribution in [2.75, 3.05) is 20.8 Å². The third kappa shape index (κ3) is 3.86. The first-order valence-corrected chi connectivity index (χ1v) is 9.04. The van der Waals surface area contributed by atoms with Gasteiger partial charge in [-0.25, -0.2) is 9.78 Å². The van der Waals surface area contributed by atoms with Crippen LogP contribution in [-0.4, -0.2) is 45.3 Å². The van der Waals surface area contributed by atoms with E-state index >= 15 is 0 Å². The third-order valence-electron chi connectivity index (χ3n) is 4.77. The number of hydrogen-bond acceptors (Lipinski definition) is 5. The molecular weight excluding hydrogens is 376 g/mol. The molecule has 0 bridgehead atoms. The molecule has 0 saturated carbocycles. The molecular formula is C19H25N6O4+. The molecule has 0 aliphatic carbocycles. The maximum atomic E-state index is 12.5. The zero-order valence-electron chi connectivity index (χ0n) is 16.9. The molecule has 0 spiro atoms. The van der Waals surface area contributed by atoms with Gasteiger partial charge in [-0.3, -0.25) is 24.7 Å². The second kappa shape index (κ2) is 8.21. The van der Waals surface area contributed by atoms with E-state index < -0.39 is 11.2 Å². The lowest BCUT2D eigenvalue weighted by molar-refractivity contribution is -0.458. The first-order chi connectivity index (χ1) is 13.9. The number of nitrogens with one attached hydrogen (secondary N) is 1. The number of methoxy groups -OCH3 is 2. The van der Waals surface area contributed by atoms with Crippen LogP contribution in [-0.2, 0) is 27.1 Å². The monoisotopic (exact) mass is 401 g/mol. The molecule has 0 aliphatic rings. The average molecular weight is 401 g/mol. The number of nitrogens with zero attached hydrogens (tertiary/aromatic N) is 4. The number of imidazole rings is 1. The molecule has 0 amide bonds. The van der Waals surface area contributed by atoms with Crippen LogP contribution < -0.4 is 31.4 Å². The number of hydrogen-bond donors (Lipinski definition) is 2. The fraction of sp³-hybridized carbons (Fsp3) is 0.368. The molecule has 3 aromatic rings. The molecule has 29 heavy (non-hydrogen) atoms. The summed E-state index contributed by atoms with van der Waals surface area (Å²) in [5.41, 5.74) is 7.02. The maximum absolute atomic E-state index is 12.5. The van der Waals surface area contributed by atoms with Crippen molar-refractivity contribution >= 4 is 17.0 Å². The van der Waals surface area contributed by atoms with Crippen LogP contribution in [0.1, 0.15) is 5.56 Å². The van der Waals surface area contributed by atoms with E-state index in [0.717, 1.165) is 16.6 Å². The fourth-order valence-electron chi connectivity index (χ4n) is 3.16. The Labute approximate surface area is 166 Å². The first-order valence-electron chi connectivity index (χ1n) is 9.04. The Morgan fingerprint density at radius 1 is 1.14 bits per heavy atom. The predicted octanol–water partition coefficient (Wildman–Crippen LogP) is -1.87. The van der Waals surface area contributed by atoms with Gasteiger partial charge in [0.15, 0.2) is 22.7 Å². The van der Waals surface area contributed by atoms with Gasteiger partial charge in [-0.05, 0) is 17.7 Å². The van der Waals surface area contributed by atoms with Gasteiger partial charge in [0.25, 0.3) is 11.4 Å².